The Labute approximate surface area is 159 Å². The summed E-state index contributed by atoms with van der Waals surface area (Å²) in [6.07, 6.45) is 2.38. The molecule has 2 heterocycles. The number of para-hydroxylation sites is 2. The molecule has 1 aliphatic rings. The highest BCUT2D eigenvalue weighted by atomic mass is 16.5. The van der Waals surface area contributed by atoms with Crippen molar-refractivity contribution >= 4 is 5.69 Å². The Kier molecular flexibility index (Phi) is 6.01. The van der Waals surface area contributed by atoms with E-state index in [-0.39, 0.29) is 11.2 Å². The van der Waals surface area contributed by atoms with Gasteiger partial charge in [-0.05, 0) is 32.0 Å². The highest BCUT2D eigenvalue weighted by Crippen LogP contribution is 2.28. The molecule has 27 heavy (non-hydrogen) atoms. The summed E-state index contributed by atoms with van der Waals surface area (Å²) in [6.45, 7) is 6.87. The first-order valence-electron chi connectivity index (χ1n) is 9.38. The molecule has 1 fully saturated rings. The van der Waals surface area contributed by atoms with Crippen molar-refractivity contribution in [2.24, 2.45) is 7.05 Å². The molecule has 1 aromatic heterocycles. The Morgan fingerprint density at radius 1 is 1.04 bits per heavy atom. The monoisotopic (exact) mass is 372 g/mol. The largest absolute Gasteiger partial charge is 0.495 e. The van der Waals surface area contributed by atoms with Gasteiger partial charge in [0.05, 0.1) is 12.8 Å². The van der Waals surface area contributed by atoms with Gasteiger partial charge in [-0.2, -0.15) is 0 Å². The van der Waals surface area contributed by atoms with Gasteiger partial charge in [-0.3, -0.25) is 14.3 Å². The quantitative estimate of drug-likeness (QED) is 0.759. The lowest BCUT2D eigenvalue weighted by atomic mass is 10.2. The van der Waals surface area contributed by atoms with Crippen LogP contribution in [-0.2, 0) is 13.6 Å². The topological polar surface area (TPSA) is 59.7 Å². The fourth-order valence-corrected chi connectivity index (χ4v) is 3.64. The van der Waals surface area contributed by atoms with Gasteiger partial charge in [-0.15, -0.1) is 0 Å². The predicted octanol–water partition coefficient (Wildman–Crippen LogP) is 1.08. The van der Waals surface area contributed by atoms with Crippen molar-refractivity contribution in [3.05, 3.63) is 56.9 Å². The Hall–Kier alpha value is -2.54. The van der Waals surface area contributed by atoms with Gasteiger partial charge in [0.15, 0.2) is 0 Å². The van der Waals surface area contributed by atoms with E-state index in [1.807, 2.05) is 18.2 Å². The maximum Gasteiger partial charge on any atom is 0.330 e. The van der Waals surface area contributed by atoms with E-state index in [2.05, 4.69) is 15.9 Å². The summed E-state index contributed by atoms with van der Waals surface area (Å²) in [5, 5.41) is 0. The molecule has 0 aliphatic carbocycles. The van der Waals surface area contributed by atoms with Gasteiger partial charge in [-0.25, -0.2) is 4.79 Å². The molecule has 0 radical (unpaired) electrons. The fourth-order valence-electron chi connectivity index (χ4n) is 3.64. The normalized spacial score (nSPS) is 15.1. The number of hydrogen-bond donors (Lipinski definition) is 0. The van der Waals surface area contributed by atoms with Gasteiger partial charge >= 0.3 is 5.69 Å². The number of hydrogen-bond acceptors (Lipinski definition) is 5. The molecular weight excluding hydrogens is 344 g/mol. The minimum absolute atomic E-state index is 0.181. The molecule has 1 aliphatic heterocycles. The Bertz CT molecular complexity index is 861. The third-order valence-electron chi connectivity index (χ3n) is 5.16. The van der Waals surface area contributed by atoms with Gasteiger partial charge in [0.2, 0.25) is 0 Å². The maximum absolute atomic E-state index is 12.2. The summed E-state index contributed by atoms with van der Waals surface area (Å²) in [5.41, 5.74) is 1.31. The summed E-state index contributed by atoms with van der Waals surface area (Å²) in [5.74, 6) is 0.903. The first-order valence-corrected chi connectivity index (χ1v) is 9.38. The zero-order valence-electron chi connectivity index (χ0n) is 16.4. The van der Waals surface area contributed by atoms with Gasteiger partial charge < -0.3 is 14.2 Å². The highest BCUT2D eigenvalue weighted by molar-refractivity contribution is 5.58. The Balaban J connectivity index is 1.54. The number of nitrogens with zero attached hydrogens (tertiary/aromatic N) is 4. The van der Waals surface area contributed by atoms with Crippen LogP contribution < -0.4 is 20.9 Å². The summed E-state index contributed by atoms with van der Waals surface area (Å²) >= 11 is 0. The number of rotatable bonds is 6. The summed E-state index contributed by atoms with van der Waals surface area (Å²) < 4.78 is 8.28. The van der Waals surface area contributed by atoms with E-state index < -0.39 is 0 Å². The molecular formula is C20H28N4O3. The average Bonchev–Trinajstić information content (AvgIpc) is 2.69. The lowest BCUT2D eigenvalue weighted by Crippen LogP contribution is -2.47. The molecule has 0 unspecified atom stereocenters. The third kappa shape index (κ3) is 4.24. The van der Waals surface area contributed by atoms with E-state index >= 15 is 0 Å². The van der Waals surface area contributed by atoms with Crippen LogP contribution in [0.5, 0.6) is 5.75 Å². The molecule has 0 bridgehead atoms. The molecule has 3 rings (SSSR count). The van der Waals surface area contributed by atoms with Crippen molar-refractivity contribution < 1.29 is 4.74 Å². The van der Waals surface area contributed by atoms with Crippen LogP contribution in [0, 0.1) is 6.92 Å². The lowest BCUT2D eigenvalue weighted by molar-refractivity contribution is 0.248. The second-order valence-corrected chi connectivity index (χ2v) is 7.02. The lowest BCUT2D eigenvalue weighted by Gasteiger charge is -2.36. The van der Waals surface area contributed by atoms with Crippen molar-refractivity contribution in [2.75, 3.05) is 44.7 Å². The number of benzene rings is 1. The van der Waals surface area contributed by atoms with Crippen LogP contribution in [-0.4, -0.2) is 53.9 Å². The number of piperazine rings is 1. The summed E-state index contributed by atoms with van der Waals surface area (Å²) in [7, 11) is 3.38. The molecule has 1 aromatic carbocycles. The molecule has 7 heteroatoms. The first kappa shape index (κ1) is 19.2. The molecule has 0 N–H and O–H groups in total. The Morgan fingerprint density at radius 2 is 1.74 bits per heavy atom. The molecule has 0 atom stereocenters. The molecule has 1 saturated heterocycles. The van der Waals surface area contributed by atoms with E-state index in [4.69, 9.17) is 4.74 Å². The van der Waals surface area contributed by atoms with Gasteiger partial charge in [0.1, 0.15) is 5.75 Å². The van der Waals surface area contributed by atoms with E-state index in [1.54, 1.807) is 27.3 Å². The molecule has 0 amide bonds. The second kappa shape index (κ2) is 8.43. The minimum Gasteiger partial charge on any atom is -0.495 e. The van der Waals surface area contributed by atoms with Crippen LogP contribution in [0.25, 0.3) is 0 Å². The number of ether oxygens (including phenoxy) is 1. The first-order chi connectivity index (χ1) is 13.0. The zero-order valence-corrected chi connectivity index (χ0v) is 16.4. The number of aryl methyl sites for hydroxylation is 2. The fraction of sp³-hybridized carbons (Fsp3) is 0.500. The minimum atomic E-state index is -0.244. The van der Waals surface area contributed by atoms with Crippen LogP contribution >= 0.6 is 0 Å². The van der Waals surface area contributed by atoms with E-state index in [1.165, 1.54) is 9.13 Å². The number of methoxy groups -OCH3 is 1. The van der Waals surface area contributed by atoms with Crippen LogP contribution in [0.1, 0.15) is 12.0 Å². The number of aromatic nitrogens is 2. The van der Waals surface area contributed by atoms with Gasteiger partial charge in [0.25, 0.3) is 5.56 Å². The molecule has 2 aromatic rings. The second-order valence-electron chi connectivity index (χ2n) is 7.02. The van der Waals surface area contributed by atoms with Crippen LogP contribution in [0.15, 0.2) is 40.1 Å². The SMILES string of the molecule is COc1ccccc1N1CCN(CCCn2c(=O)c(C)cn(C)c2=O)CC1. The standard InChI is InChI=1S/C20H28N4O3/c1-16-15-21(2)20(26)24(19(16)25)10-6-9-22-11-13-23(14-12-22)17-7-4-5-8-18(17)27-3/h4-5,7-8,15H,6,9-14H2,1-3H3. The summed E-state index contributed by atoms with van der Waals surface area (Å²) in [6, 6.07) is 8.09. The van der Waals surface area contributed by atoms with E-state index in [9.17, 15) is 9.59 Å². The van der Waals surface area contributed by atoms with Crippen molar-refractivity contribution in [3.8, 4) is 5.75 Å². The average molecular weight is 372 g/mol. The van der Waals surface area contributed by atoms with Crippen LogP contribution in [0.4, 0.5) is 5.69 Å². The predicted molar refractivity (Wildman–Crippen MR) is 107 cm³/mol. The van der Waals surface area contributed by atoms with E-state index in [0.29, 0.717) is 12.1 Å². The third-order valence-corrected chi connectivity index (χ3v) is 5.16. The van der Waals surface area contributed by atoms with Crippen molar-refractivity contribution in [1.82, 2.24) is 14.0 Å². The highest BCUT2D eigenvalue weighted by Gasteiger charge is 2.19. The zero-order chi connectivity index (χ0) is 19.4. The van der Waals surface area contributed by atoms with Crippen LogP contribution in [0.3, 0.4) is 0 Å². The number of anilines is 1. The van der Waals surface area contributed by atoms with Crippen LogP contribution in [0.2, 0.25) is 0 Å². The molecule has 146 valence electrons. The van der Waals surface area contributed by atoms with Crippen molar-refractivity contribution in [2.45, 2.75) is 19.9 Å². The van der Waals surface area contributed by atoms with Crippen molar-refractivity contribution in [3.63, 3.8) is 0 Å². The molecule has 0 spiro atoms. The Morgan fingerprint density at radius 3 is 2.44 bits per heavy atom. The van der Waals surface area contributed by atoms with Gasteiger partial charge in [-0.1, -0.05) is 12.1 Å². The van der Waals surface area contributed by atoms with E-state index in [0.717, 1.165) is 50.6 Å². The summed E-state index contributed by atoms with van der Waals surface area (Å²) in [4.78, 5) is 29.1. The molecule has 0 saturated carbocycles. The van der Waals surface area contributed by atoms with Crippen molar-refractivity contribution in [1.29, 1.82) is 0 Å². The maximum atomic E-state index is 12.2. The smallest absolute Gasteiger partial charge is 0.330 e. The van der Waals surface area contributed by atoms with Gasteiger partial charge in [0, 0.05) is 51.5 Å². The molecule has 7 nitrogen and oxygen atoms in total.